The molecule has 3 fully saturated rings. The van der Waals surface area contributed by atoms with Gasteiger partial charge in [-0.3, -0.25) is 0 Å². The lowest BCUT2D eigenvalue weighted by molar-refractivity contribution is -0.105. The van der Waals surface area contributed by atoms with Crippen molar-refractivity contribution in [2.24, 2.45) is 52.3 Å². The van der Waals surface area contributed by atoms with Gasteiger partial charge in [-0.05, 0) is 103 Å². The van der Waals surface area contributed by atoms with Crippen LogP contribution in [0.1, 0.15) is 104 Å². The van der Waals surface area contributed by atoms with E-state index in [4.69, 9.17) is 16.0 Å². The van der Waals surface area contributed by atoms with Crippen molar-refractivity contribution < 1.29 is 4.42 Å². The van der Waals surface area contributed by atoms with E-state index in [1.807, 2.05) is 18.4 Å². The molecule has 0 unspecified atom stereocenters. The molecule has 0 radical (unpaired) electrons. The standard InChI is InChI=1S/C35H49ClO/c1-22(2)9-8-10-23(3)29-15-16-30-26-14-13-24-19-27-28(25-11-6-7-12-32(25)36)21-37-33(27)20-35(24,5)31(26)17-18-34(29,30)4/h6-7,11-12,21-24,26,29-31H,8-10,13-20H2,1-5H3/t23-,24+,26-,29-,30+,31+,34+,35-/m0/s1. The van der Waals surface area contributed by atoms with Crippen LogP contribution in [0.3, 0.4) is 0 Å². The Hall–Kier alpha value is -1.21. The number of benzene rings is 1. The monoisotopic (exact) mass is 520 g/mol. The molecule has 0 amide bonds. The van der Waals surface area contributed by atoms with Crippen molar-refractivity contribution in [3.05, 3.63) is 46.9 Å². The third-order valence-electron chi connectivity index (χ3n) is 12.4. The van der Waals surface area contributed by atoms with Crippen LogP contribution < -0.4 is 0 Å². The van der Waals surface area contributed by atoms with Crippen molar-refractivity contribution in [1.29, 1.82) is 0 Å². The van der Waals surface area contributed by atoms with Gasteiger partial charge in [-0.2, -0.15) is 0 Å². The van der Waals surface area contributed by atoms with Crippen LogP contribution in [-0.2, 0) is 12.8 Å². The first-order valence-corrected chi connectivity index (χ1v) is 15.9. The summed E-state index contributed by atoms with van der Waals surface area (Å²) < 4.78 is 6.34. The van der Waals surface area contributed by atoms with Gasteiger partial charge in [0.05, 0.1) is 6.26 Å². The number of rotatable bonds is 6. The maximum Gasteiger partial charge on any atom is 0.108 e. The quantitative estimate of drug-likeness (QED) is 0.369. The predicted octanol–water partition coefficient (Wildman–Crippen LogP) is 10.6. The van der Waals surface area contributed by atoms with Crippen molar-refractivity contribution in [3.8, 4) is 11.1 Å². The Bertz CT molecular complexity index is 1110. The number of furan rings is 1. The van der Waals surface area contributed by atoms with Gasteiger partial charge < -0.3 is 4.42 Å². The third kappa shape index (κ3) is 4.25. The highest BCUT2D eigenvalue weighted by atomic mass is 35.5. The molecule has 0 spiro atoms. The summed E-state index contributed by atoms with van der Waals surface area (Å²) in [5, 5.41) is 0.837. The molecule has 3 saturated carbocycles. The van der Waals surface area contributed by atoms with Crippen LogP contribution in [0, 0.1) is 52.3 Å². The first-order chi connectivity index (χ1) is 17.7. The van der Waals surface area contributed by atoms with Gasteiger partial charge in [0.15, 0.2) is 0 Å². The van der Waals surface area contributed by atoms with E-state index < -0.39 is 0 Å². The van der Waals surface area contributed by atoms with Crippen molar-refractivity contribution >= 4 is 11.6 Å². The minimum absolute atomic E-state index is 0.383. The fraction of sp³-hybridized carbons (Fsp3) is 0.714. The van der Waals surface area contributed by atoms with E-state index in [1.54, 1.807) is 0 Å². The smallest absolute Gasteiger partial charge is 0.108 e. The highest BCUT2D eigenvalue weighted by molar-refractivity contribution is 6.33. The number of fused-ring (bicyclic) bond motifs is 6. The maximum absolute atomic E-state index is 6.61. The van der Waals surface area contributed by atoms with Crippen LogP contribution in [-0.4, -0.2) is 0 Å². The minimum atomic E-state index is 0.383. The van der Waals surface area contributed by atoms with Crippen LogP contribution in [0.15, 0.2) is 34.9 Å². The van der Waals surface area contributed by atoms with Gasteiger partial charge in [-0.15, -0.1) is 0 Å². The van der Waals surface area contributed by atoms with Gasteiger partial charge in [0.25, 0.3) is 0 Å². The second-order valence-corrected chi connectivity index (χ2v) is 15.0. The van der Waals surface area contributed by atoms with E-state index in [2.05, 4.69) is 46.8 Å². The van der Waals surface area contributed by atoms with E-state index in [9.17, 15) is 0 Å². The second kappa shape index (κ2) is 9.76. The largest absolute Gasteiger partial charge is 0.468 e. The predicted molar refractivity (Wildman–Crippen MR) is 156 cm³/mol. The summed E-state index contributed by atoms with van der Waals surface area (Å²) in [4.78, 5) is 0. The molecule has 2 heteroatoms. The Morgan fingerprint density at radius 2 is 1.70 bits per heavy atom. The summed E-state index contributed by atoms with van der Waals surface area (Å²) in [6.45, 7) is 12.7. The molecule has 4 aliphatic rings. The molecule has 0 N–H and O–H groups in total. The molecule has 4 aliphatic carbocycles. The maximum atomic E-state index is 6.61. The molecule has 6 rings (SSSR count). The number of hydrogen-bond donors (Lipinski definition) is 0. The lowest BCUT2D eigenvalue weighted by Crippen LogP contribution is -2.54. The van der Waals surface area contributed by atoms with Gasteiger partial charge >= 0.3 is 0 Å². The normalized spacial score (nSPS) is 37.5. The fourth-order valence-electron chi connectivity index (χ4n) is 10.5. The molecule has 0 aliphatic heterocycles. The van der Waals surface area contributed by atoms with Gasteiger partial charge in [0.1, 0.15) is 5.76 Å². The second-order valence-electron chi connectivity index (χ2n) is 14.6. The first-order valence-electron chi connectivity index (χ1n) is 15.6. The van der Waals surface area contributed by atoms with Gasteiger partial charge in [0.2, 0.25) is 0 Å². The van der Waals surface area contributed by atoms with Crippen LogP contribution >= 0.6 is 11.6 Å². The van der Waals surface area contributed by atoms with Crippen LogP contribution in [0.2, 0.25) is 5.02 Å². The van der Waals surface area contributed by atoms with Crippen molar-refractivity contribution in [2.45, 2.75) is 105 Å². The molecule has 1 aromatic carbocycles. The summed E-state index contributed by atoms with van der Waals surface area (Å²) in [5.74, 6) is 7.43. The molecule has 0 saturated heterocycles. The molecule has 1 aromatic heterocycles. The fourth-order valence-corrected chi connectivity index (χ4v) is 10.7. The summed E-state index contributed by atoms with van der Waals surface area (Å²) in [7, 11) is 0. The third-order valence-corrected chi connectivity index (χ3v) is 12.7. The molecule has 1 nitrogen and oxygen atoms in total. The summed E-state index contributed by atoms with van der Waals surface area (Å²) in [5.41, 5.74) is 4.79. The van der Waals surface area contributed by atoms with Crippen molar-refractivity contribution in [3.63, 3.8) is 0 Å². The average Bonchev–Trinajstić information content (AvgIpc) is 3.42. The van der Waals surface area contributed by atoms with E-state index in [0.717, 1.165) is 58.4 Å². The summed E-state index contributed by atoms with van der Waals surface area (Å²) in [6, 6.07) is 8.28. The van der Waals surface area contributed by atoms with Gasteiger partial charge in [-0.1, -0.05) is 83.7 Å². The zero-order valence-electron chi connectivity index (χ0n) is 24.0. The summed E-state index contributed by atoms with van der Waals surface area (Å²) >= 11 is 6.61. The topological polar surface area (TPSA) is 13.1 Å². The van der Waals surface area contributed by atoms with Gasteiger partial charge in [-0.25, -0.2) is 0 Å². The molecular weight excluding hydrogens is 472 g/mol. The molecule has 1 heterocycles. The minimum Gasteiger partial charge on any atom is -0.468 e. The van der Waals surface area contributed by atoms with E-state index >= 15 is 0 Å². The Labute approximate surface area is 231 Å². The molecule has 8 atom stereocenters. The van der Waals surface area contributed by atoms with Crippen LogP contribution in [0.5, 0.6) is 0 Å². The SMILES string of the molecule is CC(C)CCC[C@H](C)[C@@H]1CC[C@@H]2[C@@H]3CC[C@@H]4Cc5c(-c6ccccc6Cl)coc5C[C@]4(C)[C@@H]3CC[C@@]21C. The lowest BCUT2D eigenvalue weighted by Gasteiger charge is -2.60. The van der Waals surface area contributed by atoms with E-state index in [0.29, 0.717) is 10.8 Å². The Morgan fingerprint density at radius 3 is 2.49 bits per heavy atom. The Kier molecular flexibility index (Phi) is 6.87. The van der Waals surface area contributed by atoms with Crippen molar-refractivity contribution in [1.82, 2.24) is 0 Å². The Balaban J connectivity index is 1.22. The van der Waals surface area contributed by atoms with Crippen LogP contribution in [0.4, 0.5) is 0 Å². The molecular formula is C35H49ClO. The zero-order chi connectivity index (χ0) is 25.9. The Morgan fingerprint density at radius 1 is 0.919 bits per heavy atom. The number of hydrogen-bond acceptors (Lipinski definition) is 1. The van der Waals surface area contributed by atoms with E-state index in [-0.39, 0.29) is 0 Å². The number of halogens is 1. The highest BCUT2D eigenvalue weighted by Crippen LogP contribution is 2.68. The average molecular weight is 521 g/mol. The molecule has 2 aromatic rings. The first kappa shape index (κ1) is 26.0. The lowest BCUT2D eigenvalue weighted by atomic mass is 9.44. The molecule has 0 bridgehead atoms. The van der Waals surface area contributed by atoms with Crippen LogP contribution in [0.25, 0.3) is 11.1 Å². The molecule has 202 valence electrons. The van der Waals surface area contributed by atoms with E-state index in [1.165, 1.54) is 81.1 Å². The molecule has 37 heavy (non-hydrogen) atoms. The van der Waals surface area contributed by atoms with Gasteiger partial charge in [0, 0.05) is 28.1 Å². The van der Waals surface area contributed by atoms with Crippen molar-refractivity contribution in [2.75, 3.05) is 0 Å². The summed E-state index contributed by atoms with van der Waals surface area (Å²) in [6.07, 6.45) is 17.3. The highest BCUT2D eigenvalue weighted by Gasteiger charge is 2.60. The zero-order valence-corrected chi connectivity index (χ0v) is 24.7.